The molecule has 21 heavy (non-hydrogen) atoms. The van der Waals surface area contributed by atoms with E-state index >= 15 is 0 Å². The number of aryl methyl sites for hydroxylation is 1. The van der Waals surface area contributed by atoms with Crippen LogP contribution in [0.2, 0.25) is 5.02 Å². The molecule has 0 saturated carbocycles. The van der Waals surface area contributed by atoms with E-state index in [4.69, 9.17) is 17.4 Å². The Bertz CT molecular complexity index is 641. The van der Waals surface area contributed by atoms with Gasteiger partial charge in [0.2, 0.25) is 0 Å². The van der Waals surface area contributed by atoms with Gasteiger partial charge in [-0.1, -0.05) is 39.7 Å². The van der Waals surface area contributed by atoms with Gasteiger partial charge in [0.25, 0.3) is 0 Å². The second-order valence-corrected chi connectivity index (χ2v) is 6.12. The summed E-state index contributed by atoms with van der Waals surface area (Å²) in [6.07, 6.45) is 0.283. The first kappa shape index (κ1) is 16.4. The van der Waals surface area contributed by atoms with Crippen molar-refractivity contribution in [2.45, 2.75) is 19.4 Å². The molecule has 0 spiro atoms. The van der Waals surface area contributed by atoms with Gasteiger partial charge in [-0.15, -0.1) is 0 Å². The highest BCUT2D eigenvalue weighted by Crippen LogP contribution is 2.29. The number of nitrogens with one attached hydrogen (secondary N) is 1. The third-order valence-corrected chi connectivity index (χ3v) is 4.04. The number of hydrogen-bond acceptors (Lipinski definition) is 2. The van der Waals surface area contributed by atoms with Crippen molar-refractivity contribution in [3.05, 3.63) is 68.2 Å². The van der Waals surface area contributed by atoms with E-state index in [-0.39, 0.29) is 12.0 Å². The van der Waals surface area contributed by atoms with E-state index in [0.717, 1.165) is 11.1 Å². The summed E-state index contributed by atoms with van der Waals surface area (Å²) in [4.78, 5) is 0. The highest BCUT2D eigenvalue weighted by atomic mass is 79.9. The predicted octanol–water partition coefficient (Wildman–Crippen LogP) is 4.44. The van der Waals surface area contributed by atoms with E-state index < -0.39 is 17.7 Å². The zero-order valence-corrected chi connectivity index (χ0v) is 13.6. The lowest BCUT2D eigenvalue weighted by Crippen LogP contribution is -2.31. The zero-order valence-electron chi connectivity index (χ0n) is 11.3. The number of benzene rings is 2. The Balaban J connectivity index is 2.37. The maximum atomic E-state index is 14.0. The monoisotopic (exact) mass is 374 g/mol. The van der Waals surface area contributed by atoms with E-state index in [2.05, 4.69) is 21.4 Å². The summed E-state index contributed by atoms with van der Waals surface area (Å²) in [5.41, 5.74) is 4.14. The molecule has 0 heterocycles. The number of hydrogen-bond donors (Lipinski definition) is 2. The Morgan fingerprint density at radius 3 is 2.38 bits per heavy atom. The van der Waals surface area contributed by atoms with E-state index in [1.54, 1.807) is 6.07 Å². The normalized spacial score (nSPS) is 12.5. The van der Waals surface area contributed by atoms with E-state index in [9.17, 15) is 8.78 Å². The molecule has 6 heteroatoms. The molecule has 0 saturated heterocycles. The van der Waals surface area contributed by atoms with Gasteiger partial charge in [0, 0.05) is 15.1 Å². The van der Waals surface area contributed by atoms with Crippen LogP contribution in [0.4, 0.5) is 8.78 Å². The highest BCUT2D eigenvalue weighted by Gasteiger charge is 2.21. The molecule has 112 valence electrons. The number of hydrazine groups is 1. The molecule has 3 N–H and O–H groups in total. The second kappa shape index (κ2) is 6.83. The van der Waals surface area contributed by atoms with Crippen LogP contribution in [0.15, 0.2) is 34.8 Å². The smallest absolute Gasteiger partial charge is 0.132 e. The summed E-state index contributed by atoms with van der Waals surface area (Å²) < 4.78 is 28.4. The minimum Gasteiger partial charge on any atom is -0.271 e. The Hall–Kier alpha value is -1.01. The third kappa shape index (κ3) is 3.80. The predicted molar refractivity (Wildman–Crippen MR) is 84.0 cm³/mol. The Morgan fingerprint density at radius 2 is 1.86 bits per heavy atom. The lowest BCUT2D eigenvalue weighted by atomic mass is 9.97. The van der Waals surface area contributed by atoms with Crippen molar-refractivity contribution in [1.82, 2.24) is 5.43 Å². The average Bonchev–Trinajstić information content (AvgIpc) is 2.39. The van der Waals surface area contributed by atoms with Gasteiger partial charge >= 0.3 is 0 Å². The second-order valence-electron chi connectivity index (χ2n) is 4.80. The molecule has 0 bridgehead atoms. The molecule has 0 radical (unpaired) electrons. The van der Waals surface area contributed by atoms with Crippen molar-refractivity contribution in [3.63, 3.8) is 0 Å². The Labute approximate surface area is 135 Å². The summed E-state index contributed by atoms with van der Waals surface area (Å²) in [5, 5.41) is 0.549. The van der Waals surface area contributed by atoms with Gasteiger partial charge in [-0.25, -0.2) is 8.78 Å². The highest BCUT2D eigenvalue weighted by molar-refractivity contribution is 9.10. The van der Waals surface area contributed by atoms with Crippen molar-refractivity contribution in [2.24, 2.45) is 5.84 Å². The topological polar surface area (TPSA) is 38.0 Å². The minimum absolute atomic E-state index is 0.0997. The van der Waals surface area contributed by atoms with E-state index in [1.165, 1.54) is 12.1 Å². The first-order valence-corrected chi connectivity index (χ1v) is 7.45. The summed E-state index contributed by atoms with van der Waals surface area (Å²) in [5.74, 6) is 4.15. The van der Waals surface area contributed by atoms with Crippen LogP contribution in [-0.4, -0.2) is 0 Å². The lowest BCUT2D eigenvalue weighted by Gasteiger charge is -2.19. The first-order chi connectivity index (χ1) is 9.92. The molecule has 2 aromatic rings. The van der Waals surface area contributed by atoms with E-state index in [0.29, 0.717) is 9.50 Å². The van der Waals surface area contributed by atoms with Gasteiger partial charge in [-0.2, -0.15) is 0 Å². The molecule has 2 nitrogen and oxygen atoms in total. The SMILES string of the molecule is Cc1ccc(CC(NN)c2c(F)cc(Br)cc2F)c(Cl)c1. The van der Waals surface area contributed by atoms with Gasteiger partial charge in [0.1, 0.15) is 11.6 Å². The third-order valence-electron chi connectivity index (χ3n) is 3.23. The molecule has 0 fully saturated rings. The van der Waals surface area contributed by atoms with Crippen LogP contribution in [0, 0.1) is 18.6 Å². The fourth-order valence-corrected chi connectivity index (χ4v) is 2.88. The van der Waals surface area contributed by atoms with Crippen molar-refractivity contribution >= 4 is 27.5 Å². The van der Waals surface area contributed by atoms with Crippen LogP contribution in [0.5, 0.6) is 0 Å². The standard InChI is InChI=1S/C15H14BrClF2N2/c1-8-2-3-9(11(17)4-8)5-14(21-20)15-12(18)6-10(16)7-13(15)19/h2-4,6-7,14,21H,5,20H2,1H3. The molecule has 0 aliphatic carbocycles. The van der Waals surface area contributed by atoms with Crippen LogP contribution in [0.3, 0.4) is 0 Å². The Morgan fingerprint density at radius 1 is 1.24 bits per heavy atom. The number of halogens is 4. The van der Waals surface area contributed by atoms with Crippen LogP contribution >= 0.6 is 27.5 Å². The maximum Gasteiger partial charge on any atom is 0.132 e. The lowest BCUT2D eigenvalue weighted by molar-refractivity contribution is 0.472. The van der Waals surface area contributed by atoms with Crippen LogP contribution in [0.25, 0.3) is 0 Å². The first-order valence-electron chi connectivity index (χ1n) is 6.28. The van der Waals surface area contributed by atoms with Crippen molar-refractivity contribution in [3.8, 4) is 0 Å². The minimum atomic E-state index is -0.710. The molecular formula is C15H14BrClF2N2. The van der Waals surface area contributed by atoms with Crippen LogP contribution < -0.4 is 11.3 Å². The molecular weight excluding hydrogens is 362 g/mol. The van der Waals surface area contributed by atoms with E-state index in [1.807, 2.05) is 19.1 Å². The van der Waals surface area contributed by atoms with Crippen molar-refractivity contribution < 1.29 is 8.78 Å². The largest absolute Gasteiger partial charge is 0.271 e. The summed E-state index contributed by atoms with van der Waals surface area (Å²) in [7, 11) is 0. The van der Waals surface area contributed by atoms with Gasteiger partial charge < -0.3 is 0 Å². The number of nitrogens with two attached hydrogens (primary N) is 1. The fourth-order valence-electron chi connectivity index (χ4n) is 2.17. The van der Waals surface area contributed by atoms with Gasteiger partial charge in [-0.05, 0) is 42.7 Å². The molecule has 1 unspecified atom stereocenters. The van der Waals surface area contributed by atoms with Crippen LogP contribution in [-0.2, 0) is 6.42 Å². The average molecular weight is 376 g/mol. The summed E-state index contributed by atoms with van der Waals surface area (Å²) in [6, 6.07) is 7.23. The number of rotatable bonds is 4. The summed E-state index contributed by atoms with van der Waals surface area (Å²) in [6.45, 7) is 1.92. The zero-order chi connectivity index (χ0) is 15.6. The molecule has 1 atom stereocenters. The van der Waals surface area contributed by atoms with Crippen LogP contribution in [0.1, 0.15) is 22.7 Å². The van der Waals surface area contributed by atoms with Crippen molar-refractivity contribution in [2.75, 3.05) is 0 Å². The van der Waals surface area contributed by atoms with Gasteiger partial charge in [0.15, 0.2) is 0 Å². The Kier molecular flexibility index (Phi) is 5.32. The molecule has 0 aliphatic heterocycles. The molecule has 2 aromatic carbocycles. The summed E-state index contributed by atoms with van der Waals surface area (Å²) >= 11 is 9.21. The van der Waals surface area contributed by atoms with Crippen molar-refractivity contribution in [1.29, 1.82) is 0 Å². The maximum absolute atomic E-state index is 14.0. The quantitative estimate of drug-likeness (QED) is 0.612. The van der Waals surface area contributed by atoms with Gasteiger partial charge in [0.05, 0.1) is 6.04 Å². The molecule has 0 aliphatic rings. The molecule has 2 rings (SSSR count). The molecule has 0 aromatic heterocycles. The molecule has 0 amide bonds. The van der Waals surface area contributed by atoms with Gasteiger partial charge in [-0.3, -0.25) is 11.3 Å². The fraction of sp³-hybridized carbons (Fsp3) is 0.200.